The van der Waals surface area contributed by atoms with Gasteiger partial charge in [0.25, 0.3) is 5.91 Å². The molecule has 0 aliphatic carbocycles. The molecule has 0 aliphatic rings. The van der Waals surface area contributed by atoms with Crippen LogP contribution in [0.5, 0.6) is 0 Å². The Morgan fingerprint density at radius 1 is 1.25 bits per heavy atom. The molecule has 0 aromatic heterocycles. The van der Waals surface area contributed by atoms with Gasteiger partial charge in [-0.2, -0.15) is 0 Å². The normalized spacial score (nSPS) is 9.95. The van der Waals surface area contributed by atoms with Gasteiger partial charge in [-0.15, -0.1) is 0 Å². The number of amides is 2. The van der Waals surface area contributed by atoms with E-state index in [1.165, 1.54) is 19.2 Å². The highest BCUT2D eigenvalue weighted by Gasteiger charge is 2.14. The van der Waals surface area contributed by atoms with Crippen molar-refractivity contribution >= 4 is 17.5 Å². The molecule has 20 heavy (non-hydrogen) atoms. The maximum Gasteiger partial charge on any atom is 0.253 e. The predicted octanol–water partition coefficient (Wildman–Crippen LogP) is 1.51. The SMILES string of the molecule is CCCNc1c(F)cccc1C(=O)NCCC(=O)NC. The fraction of sp³-hybridized carbons (Fsp3) is 0.429. The zero-order valence-electron chi connectivity index (χ0n) is 11.8. The zero-order valence-corrected chi connectivity index (χ0v) is 11.8. The third-order valence-electron chi connectivity index (χ3n) is 2.73. The minimum absolute atomic E-state index is 0.158. The van der Waals surface area contributed by atoms with Crippen molar-refractivity contribution < 1.29 is 14.0 Å². The lowest BCUT2D eigenvalue weighted by atomic mass is 10.1. The summed E-state index contributed by atoms with van der Waals surface area (Å²) in [5.74, 6) is -1.02. The van der Waals surface area contributed by atoms with Crippen LogP contribution in [0.1, 0.15) is 30.1 Å². The van der Waals surface area contributed by atoms with Gasteiger partial charge in [0.05, 0.1) is 11.3 Å². The number of rotatable bonds is 7. The molecule has 5 nitrogen and oxygen atoms in total. The Bertz CT molecular complexity index is 477. The van der Waals surface area contributed by atoms with Crippen LogP contribution in [0, 0.1) is 5.82 Å². The molecular weight excluding hydrogens is 261 g/mol. The van der Waals surface area contributed by atoms with Crippen LogP contribution in [0.3, 0.4) is 0 Å². The van der Waals surface area contributed by atoms with Crippen LogP contribution in [0.25, 0.3) is 0 Å². The van der Waals surface area contributed by atoms with E-state index in [-0.39, 0.29) is 30.1 Å². The molecule has 0 atom stereocenters. The summed E-state index contributed by atoms with van der Waals surface area (Å²) in [4.78, 5) is 23.1. The van der Waals surface area contributed by atoms with Crippen molar-refractivity contribution in [3.63, 3.8) is 0 Å². The first-order chi connectivity index (χ1) is 9.60. The number of carbonyl (C=O) groups is 2. The smallest absolute Gasteiger partial charge is 0.253 e. The maximum absolute atomic E-state index is 13.7. The van der Waals surface area contributed by atoms with Gasteiger partial charge in [-0.05, 0) is 18.6 Å². The van der Waals surface area contributed by atoms with Crippen molar-refractivity contribution in [3.05, 3.63) is 29.6 Å². The van der Waals surface area contributed by atoms with Gasteiger partial charge in [-0.25, -0.2) is 4.39 Å². The average molecular weight is 281 g/mol. The van der Waals surface area contributed by atoms with E-state index in [2.05, 4.69) is 16.0 Å². The van der Waals surface area contributed by atoms with Gasteiger partial charge in [0.2, 0.25) is 5.91 Å². The number of anilines is 1. The fourth-order valence-corrected chi connectivity index (χ4v) is 1.65. The average Bonchev–Trinajstić information content (AvgIpc) is 2.45. The Morgan fingerprint density at radius 3 is 2.65 bits per heavy atom. The van der Waals surface area contributed by atoms with Crippen LogP contribution in [0.4, 0.5) is 10.1 Å². The second kappa shape index (κ2) is 8.14. The molecule has 1 aromatic rings. The van der Waals surface area contributed by atoms with Gasteiger partial charge >= 0.3 is 0 Å². The molecular formula is C14H20FN3O2. The lowest BCUT2D eigenvalue weighted by Gasteiger charge is -2.12. The summed E-state index contributed by atoms with van der Waals surface area (Å²) in [5.41, 5.74) is 0.446. The van der Waals surface area contributed by atoms with E-state index in [0.29, 0.717) is 6.54 Å². The quantitative estimate of drug-likeness (QED) is 0.709. The number of halogens is 1. The van der Waals surface area contributed by atoms with Crippen LogP contribution >= 0.6 is 0 Å². The van der Waals surface area contributed by atoms with Crippen molar-refractivity contribution in [1.29, 1.82) is 0 Å². The molecule has 6 heteroatoms. The molecule has 0 heterocycles. The molecule has 3 N–H and O–H groups in total. The monoisotopic (exact) mass is 281 g/mol. The Kier molecular flexibility index (Phi) is 6.49. The number of benzene rings is 1. The summed E-state index contributed by atoms with van der Waals surface area (Å²) in [5, 5.41) is 7.97. The standard InChI is InChI=1S/C14H20FN3O2/c1-3-8-17-13-10(5-4-6-11(13)15)14(20)18-9-7-12(19)16-2/h4-6,17H,3,7-9H2,1-2H3,(H,16,19)(H,18,20). The van der Waals surface area contributed by atoms with Crippen LogP contribution in [-0.4, -0.2) is 32.0 Å². The molecule has 0 unspecified atom stereocenters. The van der Waals surface area contributed by atoms with Crippen LogP contribution in [0.2, 0.25) is 0 Å². The summed E-state index contributed by atoms with van der Waals surface area (Å²) < 4.78 is 13.7. The molecule has 0 saturated carbocycles. The van der Waals surface area contributed by atoms with Crippen molar-refractivity contribution in [2.75, 3.05) is 25.5 Å². The highest BCUT2D eigenvalue weighted by atomic mass is 19.1. The minimum atomic E-state index is -0.461. The van der Waals surface area contributed by atoms with E-state index in [9.17, 15) is 14.0 Å². The number of nitrogens with one attached hydrogen (secondary N) is 3. The first-order valence-electron chi connectivity index (χ1n) is 6.61. The number of carbonyl (C=O) groups excluding carboxylic acids is 2. The number of hydrogen-bond acceptors (Lipinski definition) is 3. The van der Waals surface area contributed by atoms with E-state index >= 15 is 0 Å². The van der Waals surface area contributed by atoms with Crippen molar-refractivity contribution in [1.82, 2.24) is 10.6 Å². The second-order valence-corrected chi connectivity index (χ2v) is 4.27. The van der Waals surface area contributed by atoms with Crippen LogP contribution < -0.4 is 16.0 Å². The molecule has 0 aliphatic heterocycles. The molecule has 0 bridgehead atoms. The first kappa shape index (κ1) is 15.9. The van der Waals surface area contributed by atoms with Crippen molar-refractivity contribution in [2.45, 2.75) is 19.8 Å². The fourth-order valence-electron chi connectivity index (χ4n) is 1.65. The Labute approximate surface area is 117 Å². The topological polar surface area (TPSA) is 70.2 Å². The molecule has 2 amide bonds. The van der Waals surface area contributed by atoms with Crippen LogP contribution in [0.15, 0.2) is 18.2 Å². The van der Waals surface area contributed by atoms with Gasteiger partial charge in [0.15, 0.2) is 0 Å². The van der Waals surface area contributed by atoms with Gasteiger partial charge in [0.1, 0.15) is 5.82 Å². The molecule has 1 aromatic carbocycles. The third kappa shape index (κ3) is 4.53. The van der Waals surface area contributed by atoms with Crippen molar-refractivity contribution in [3.8, 4) is 0 Å². The summed E-state index contributed by atoms with van der Waals surface area (Å²) in [6, 6.07) is 4.34. The van der Waals surface area contributed by atoms with Gasteiger partial charge in [-0.3, -0.25) is 9.59 Å². The Balaban J connectivity index is 2.71. The largest absolute Gasteiger partial charge is 0.382 e. The molecule has 0 spiro atoms. The summed E-state index contributed by atoms with van der Waals surface area (Å²) in [6.45, 7) is 2.75. The Hall–Kier alpha value is -2.11. The predicted molar refractivity (Wildman–Crippen MR) is 76.2 cm³/mol. The van der Waals surface area contributed by atoms with Crippen LogP contribution in [-0.2, 0) is 4.79 Å². The van der Waals surface area contributed by atoms with Gasteiger partial charge in [-0.1, -0.05) is 13.0 Å². The van der Waals surface area contributed by atoms with Gasteiger partial charge < -0.3 is 16.0 Å². The van der Waals surface area contributed by atoms with E-state index in [0.717, 1.165) is 6.42 Å². The highest BCUT2D eigenvalue weighted by molar-refractivity contribution is 5.99. The van der Waals surface area contributed by atoms with Gasteiger partial charge in [0, 0.05) is 26.6 Å². The van der Waals surface area contributed by atoms with E-state index in [1.807, 2.05) is 6.92 Å². The van der Waals surface area contributed by atoms with E-state index in [4.69, 9.17) is 0 Å². The van der Waals surface area contributed by atoms with Crippen molar-refractivity contribution in [2.24, 2.45) is 0 Å². The number of para-hydroxylation sites is 1. The highest BCUT2D eigenvalue weighted by Crippen LogP contribution is 2.19. The summed E-state index contributed by atoms with van der Waals surface area (Å²) in [7, 11) is 1.53. The lowest BCUT2D eigenvalue weighted by Crippen LogP contribution is -2.29. The molecule has 110 valence electrons. The summed E-state index contributed by atoms with van der Waals surface area (Å²) >= 11 is 0. The maximum atomic E-state index is 13.7. The lowest BCUT2D eigenvalue weighted by molar-refractivity contribution is -0.120. The van der Waals surface area contributed by atoms with E-state index < -0.39 is 11.7 Å². The summed E-state index contributed by atoms with van der Waals surface area (Å²) in [6.07, 6.45) is 1.02. The minimum Gasteiger partial charge on any atom is -0.382 e. The first-order valence-corrected chi connectivity index (χ1v) is 6.61. The Morgan fingerprint density at radius 2 is 2.00 bits per heavy atom. The zero-order chi connectivity index (χ0) is 15.0. The molecule has 1 rings (SSSR count). The third-order valence-corrected chi connectivity index (χ3v) is 2.73. The molecule has 0 radical (unpaired) electrons. The molecule has 0 saturated heterocycles. The second-order valence-electron chi connectivity index (χ2n) is 4.27. The molecule has 0 fully saturated rings. The van der Waals surface area contributed by atoms with E-state index in [1.54, 1.807) is 6.07 Å². The number of hydrogen-bond donors (Lipinski definition) is 3.